The van der Waals surface area contributed by atoms with Crippen LogP contribution in [0.5, 0.6) is 11.8 Å². The van der Waals surface area contributed by atoms with Crippen LogP contribution in [0.25, 0.3) is 32.9 Å². The van der Waals surface area contributed by atoms with Crippen molar-refractivity contribution in [1.82, 2.24) is 40.3 Å². The van der Waals surface area contributed by atoms with Crippen LogP contribution in [0.1, 0.15) is 77.6 Å². The summed E-state index contributed by atoms with van der Waals surface area (Å²) in [5, 5.41) is 20.2. The van der Waals surface area contributed by atoms with E-state index in [4.69, 9.17) is 44.6 Å². The van der Waals surface area contributed by atoms with Crippen LogP contribution in [0.15, 0.2) is 60.8 Å². The van der Waals surface area contributed by atoms with Crippen molar-refractivity contribution in [2.24, 2.45) is 0 Å². The predicted octanol–water partition coefficient (Wildman–Crippen LogP) is 4.87. The number of piperazine rings is 1. The number of aromatic nitrogens is 3. The number of aromatic hydroxyl groups is 1. The molecule has 8 heterocycles. The van der Waals surface area contributed by atoms with Crippen LogP contribution in [0.2, 0.25) is 0 Å². The van der Waals surface area contributed by atoms with Crippen molar-refractivity contribution in [3.05, 3.63) is 89.1 Å². The lowest BCUT2D eigenvalue weighted by molar-refractivity contribution is -0.136. The second-order valence-corrected chi connectivity index (χ2v) is 23.0. The molecular formula is C63H70F2N10O14. The van der Waals surface area contributed by atoms with E-state index < -0.39 is 52.9 Å². The van der Waals surface area contributed by atoms with Crippen LogP contribution in [-0.2, 0) is 42.8 Å². The highest BCUT2D eigenvalue weighted by Crippen LogP contribution is 2.45. The van der Waals surface area contributed by atoms with Gasteiger partial charge in [-0.25, -0.2) is 13.6 Å². The summed E-state index contributed by atoms with van der Waals surface area (Å²) in [4.78, 5) is 96.5. The zero-order chi connectivity index (χ0) is 62.3. The number of pyridine rings is 1. The number of hydrogen-bond acceptors (Lipinski definition) is 20. The molecule has 3 unspecified atom stereocenters. The van der Waals surface area contributed by atoms with Gasteiger partial charge in [-0.2, -0.15) is 9.97 Å². The van der Waals surface area contributed by atoms with Crippen molar-refractivity contribution in [3.63, 3.8) is 0 Å². The highest BCUT2D eigenvalue weighted by molar-refractivity contribution is 6.24. The first-order valence-electron chi connectivity index (χ1n) is 29.9. The van der Waals surface area contributed by atoms with E-state index >= 15 is 8.78 Å². The molecule has 6 amide bonds. The number of piperidine rings is 1. The van der Waals surface area contributed by atoms with Gasteiger partial charge in [-0.1, -0.05) is 24.1 Å². The third kappa shape index (κ3) is 13.8. The molecular weight excluding hydrogens is 1160 g/mol. The molecule has 0 aliphatic carbocycles. The Morgan fingerprint density at radius 3 is 2.27 bits per heavy atom. The molecule has 2 bridgehead atoms. The summed E-state index contributed by atoms with van der Waals surface area (Å²) >= 11 is 0. The van der Waals surface area contributed by atoms with E-state index in [1.54, 1.807) is 7.05 Å². The third-order valence-corrected chi connectivity index (χ3v) is 17.0. The molecule has 6 aliphatic heterocycles. The van der Waals surface area contributed by atoms with E-state index in [0.717, 1.165) is 29.7 Å². The third-order valence-electron chi connectivity index (χ3n) is 17.0. The summed E-state index contributed by atoms with van der Waals surface area (Å²) in [5.74, 6) is -1.60. The second-order valence-electron chi connectivity index (χ2n) is 23.0. The van der Waals surface area contributed by atoms with Crippen molar-refractivity contribution >= 4 is 68.8 Å². The lowest BCUT2D eigenvalue weighted by Crippen LogP contribution is -2.54. The number of nitrogens with zero attached hydrogens (tertiary/aromatic N) is 7. The summed E-state index contributed by atoms with van der Waals surface area (Å²) in [5.41, 5.74) is 0.790. The summed E-state index contributed by atoms with van der Waals surface area (Å²) < 4.78 is 72.6. The maximum Gasteiger partial charge on any atom is 0.409 e. The Balaban J connectivity index is 0.561. The normalized spacial score (nSPS) is 21.4. The topological polar surface area (TPSA) is 275 Å². The SMILES string of the molecule is C#Cc1c(F)ccc2cc(O)cc(-c3ncc4c(N5CC6CCC(C5)N6)nc(OC[C@@]56CC[C@@H](COC(=O)N(C)CCOCCOCCOCCOCCOCCC(=O)Nc7ccc8c(c7)C(=O)N(C7CCC(=O)NC7=O)C8=O)N5CC(=C)C6)nc4c3F)c12. The standard InChI is InChI=1S/C63H70F2N10O14/c1-4-44-49(64)10-5-38-27-43(76)29-47(53(38)44)55-54(65)56-48(31-66-55)57(73-33-40-6-7-41(34-73)67-40)71-61(70-56)89-36-63-15-13-42(74(63)32-37(2)30-63)35-88-62(82)72(3)16-18-84-20-22-86-24-26-87-25-23-85-21-19-83-17-14-52(78)68-39-8-9-45-46(28-39)60(81)75(59(45)80)50-11-12-51(77)69-58(50)79/h1,5,8-10,27-29,31,40-42,50,67,76H,2,6-7,11-26,30,32-36H2,3H3,(H,68,78)(H,69,77,79)/t40?,41?,42-,50?,63-/m0/s1. The number of rotatable bonds is 27. The first kappa shape index (κ1) is 62.3. The largest absolute Gasteiger partial charge is 0.508 e. The van der Waals surface area contributed by atoms with Gasteiger partial charge in [0.25, 0.3) is 11.8 Å². The summed E-state index contributed by atoms with van der Waals surface area (Å²) in [7, 11) is 1.65. The van der Waals surface area contributed by atoms with Gasteiger partial charge in [0.2, 0.25) is 17.7 Å². The minimum atomic E-state index is -1.08. The van der Waals surface area contributed by atoms with Crippen molar-refractivity contribution in [2.75, 3.05) is 123 Å². The van der Waals surface area contributed by atoms with Gasteiger partial charge in [0.15, 0.2) is 5.82 Å². The molecule has 0 spiro atoms. The number of benzene rings is 3. The number of carbonyl (C=O) groups is 6. The number of ether oxygens (including phenoxy) is 7. The van der Waals surface area contributed by atoms with Crippen molar-refractivity contribution in [1.29, 1.82) is 0 Å². The number of imide groups is 2. The Labute approximate surface area is 511 Å². The minimum absolute atomic E-state index is 0.0124. The van der Waals surface area contributed by atoms with Crippen LogP contribution in [0, 0.1) is 24.0 Å². The first-order valence-corrected chi connectivity index (χ1v) is 29.9. The van der Waals surface area contributed by atoms with Gasteiger partial charge in [-0.3, -0.25) is 44.1 Å². The second kappa shape index (κ2) is 27.6. The van der Waals surface area contributed by atoms with E-state index in [2.05, 4.69) is 48.2 Å². The van der Waals surface area contributed by atoms with E-state index in [1.807, 2.05) is 0 Å². The molecule has 3 aromatic carbocycles. The quantitative estimate of drug-likeness (QED) is 0.0236. The number of phenolic OH excluding ortho intramolecular Hbond substituents is 1. The van der Waals surface area contributed by atoms with Gasteiger partial charge >= 0.3 is 12.1 Å². The van der Waals surface area contributed by atoms with Crippen molar-refractivity contribution in [3.8, 4) is 35.4 Å². The Kier molecular flexibility index (Phi) is 19.3. The number of fused-ring (bicyclic) bond motifs is 6. The van der Waals surface area contributed by atoms with E-state index in [0.29, 0.717) is 101 Å². The van der Waals surface area contributed by atoms with E-state index in [-0.39, 0.29) is 134 Å². The van der Waals surface area contributed by atoms with Crippen molar-refractivity contribution < 1.29 is 75.8 Å². The van der Waals surface area contributed by atoms with Crippen LogP contribution in [0.4, 0.5) is 25.1 Å². The van der Waals surface area contributed by atoms with Crippen LogP contribution in [0.3, 0.4) is 0 Å². The fourth-order valence-electron chi connectivity index (χ4n) is 12.7. The Hall–Kier alpha value is -8.29. The molecule has 5 aromatic rings. The summed E-state index contributed by atoms with van der Waals surface area (Å²) in [6.07, 6.45) is 11.0. The smallest absolute Gasteiger partial charge is 0.409 e. The summed E-state index contributed by atoms with van der Waals surface area (Å²) in [6.45, 7) is 9.67. The maximum absolute atomic E-state index is 17.3. The number of nitrogens with one attached hydrogen (secondary N) is 3. The molecule has 2 aromatic heterocycles. The predicted molar refractivity (Wildman–Crippen MR) is 318 cm³/mol. The monoisotopic (exact) mass is 1230 g/mol. The first-order chi connectivity index (χ1) is 43.1. The molecule has 24 nitrogen and oxygen atoms in total. The number of likely N-dealkylation sites (N-methyl/N-ethyl adjacent to an activating group) is 1. The average molecular weight is 1230 g/mol. The fourth-order valence-corrected chi connectivity index (χ4v) is 12.7. The highest BCUT2D eigenvalue weighted by atomic mass is 19.1. The number of halogens is 2. The lowest BCUT2D eigenvalue weighted by atomic mass is 9.94. The van der Waals surface area contributed by atoms with Gasteiger partial charge in [0.05, 0.1) is 100 Å². The number of anilines is 2. The van der Waals surface area contributed by atoms with Crippen molar-refractivity contribution in [2.45, 2.75) is 81.1 Å². The number of hydrogen-bond donors (Lipinski definition) is 4. The molecule has 89 heavy (non-hydrogen) atoms. The van der Waals surface area contributed by atoms with Gasteiger partial charge in [-0.05, 0) is 80.3 Å². The fraction of sp³-hybridized carbons (Fsp3) is 0.476. The molecule has 470 valence electrons. The van der Waals surface area contributed by atoms with Gasteiger partial charge in [0.1, 0.15) is 47.9 Å². The Bertz CT molecular complexity index is 3610. The molecule has 26 heteroatoms. The van der Waals surface area contributed by atoms with E-state index in [1.165, 1.54) is 53.6 Å². The molecule has 5 atom stereocenters. The molecule has 0 radical (unpaired) electrons. The summed E-state index contributed by atoms with van der Waals surface area (Å²) in [6, 6.07) is 8.97. The van der Waals surface area contributed by atoms with Gasteiger partial charge in [-0.15, -0.1) is 6.42 Å². The number of phenols is 1. The average Bonchev–Trinajstić information content (AvgIpc) is 2.32. The number of terminal acetylenes is 1. The van der Waals surface area contributed by atoms with Gasteiger partial charge in [0, 0.05) is 80.6 Å². The van der Waals surface area contributed by atoms with Gasteiger partial charge < -0.3 is 58.7 Å². The zero-order valence-corrected chi connectivity index (χ0v) is 49.3. The molecule has 5 saturated heterocycles. The molecule has 4 N–H and O–H groups in total. The van der Waals surface area contributed by atoms with Crippen LogP contribution >= 0.6 is 0 Å². The van der Waals surface area contributed by atoms with E-state index in [9.17, 15) is 33.9 Å². The van der Waals surface area contributed by atoms with Crippen LogP contribution in [-0.4, -0.2) is 213 Å². The highest BCUT2D eigenvalue weighted by Gasteiger charge is 2.52. The minimum Gasteiger partial charge on any atom is -0.508 e. The Morgan fingerprint density at radius 2 is 1.56 bits per heavy atom. The molecule has 11 rings (SSSR count). The molecule has 0 saturated carbocycles. The molecule has 5 fully saturated rings. The van der Waals surface area contributed by atoms with Crippen LogP contribution < -0.4 is 25.6 Å². The number of amides is 6. The zero-order valence-electron chi connectivity index (χ0n) is 49.3. The number of carbonyl (C=O) groups excluding carboxylic acids is 6. The molecule has 6 aliphatic rings. The Morgan fingerprint density at radius 1 is 0.865 bits per heavy atom. The maximum atomic E-state index is 17.3. The lowest BCUT2D eigenvalue weighted by Gasteiger charge is -2.35.